The normalized spacial score (nSPS) is 16.1. The molecule has 3 nitrogen and oxygen atoms in total. The van der Waals surface area contributed by atoms with E-state index in [1.807, 2.05) is 29.1 Å². The molecule has 0 spiro atoms. The van der Waals surface area contributed by atoms with E-state index in [0.717, 1.165) is 24.0 Å². The molecule has 0 radical (unpaired) electrons. The van der Waals surface area contributed by atoms with Crippen molar-refractivity contribution in [1.82, 2.24) is 4.57 Å². The molecule has 1 heterocycles. The molecule has 0 aliphatic heterocycles. The number of aliphatic hydroxyl groups is 1. The summed E-state index contributed by atoms with van der Waals surface area (Å²) in [7, 11) is 1.45. The van der Waals surface area contributed by atoms with Gasteiger partial charge in [-0.2, -0.15) is 0 Å². The Hall–Kier alpha value is -1.81. The van der Waals surface area contributed by atoms with Crippen LogP contribution in [0.4, 0.5) is 4.39 Å². The molecule has 0 saturated heterocycles. The molecule has 106 valence electrons. The van der Waals surface area contributed by atoms with Crippen LogP contribution in [0.2, 0.25) is 0 Å². The Kier molecular flexibility index (Phi) is 3.49. The number of methoxy groups -OCH3 is 1. The second-order valence-electron chi connectivity index (χ2n) is 5.37. The van der Waals surface area contributed by atoms with Crippen molar-refractivity contribution in [2.75, 3.05) is 7.11 Å². The molecular weight excluding hydrogens is 257 g/mol. The van der Waals surface area contributed by atoms with Crippen molar-refractivity contribution in [3.63, 3.8) is 0 Å². The highest BCUT2D eigenvalue weighted by Gasteiger charge is 2.31. The first kappa shape index (κ1) is 13.2. The van der Waals surface area contributed by atoms with Crippen LogP contribution in [0.15, 0.2) is 36.7 Å². The van der Waals surface area contributed by atoms with Crippen LogP contribution < -0.4 is 4.74 Å². The van der Waals surface area contributed by atoms with Gasteiger partial charge in [0.25, 0.3) is 0 Å². The zero-order valence-electron chi connectivity index (χ0n) is 11.4. The van der Waals surface area contributed by atoms with Crippen LogP contribution in [0, 0.1) is 11.7 Å². The highest BCUT2D eigenvalue weighted by molar-refractivity contribution is 5.29. The quantitative estimate of drug-likeness (QED) is 0.909. The van der Waals surface area contributed by atoms with Gasteiger partial charge < -0.3 is 14.4 Å². The highest BCUT2D eigenvalue weighted by Crippen LogP contribution is 2.40. The molecule has 2 aromatic rings. The van der Waals surface area contributed by atoms with Crippen LogP contribution in [0.25, 0.3) is 0 Å². The van der Waals surface area contributed by atoms with E-state index in [1.54, 1.807) is 6.07 Å². The third kappa shape index (κ3) is 2.70. The summed E-state index contributed by atoms with van der Waals surface area (Å²) in [4.78, 5) is 0. The minimum absolute atomic E-state index is 0.256. The molecule has 1 aromatic carbocycles. The lowest BCUT2D eigenvalue weighted by Gasteiger charge is -2.08. The highest BCUT2D eigenvalue weighted by atomic mass is 19.1. The molecule has 0 bridgehead atoms. The Labute approximate surface area is 117 Å². The maximum Gasteiger partial charge on any atom is 0.165 e. The van der Waals surface area contributed by atoms with Crippen LogP contribution >= 0.6 is 0 Å². The molecule has 0 amide bonds. The largest absolute Gasteiger partial charge is 0.494 e. The third-order valence-corrected chi connectivity index (χ3v) is 3.76. The monoisotopic (exact) mass is 275 g/mol. The number of ether oxygens (including phenoxy) is 1. The third-order valence-electron chi connectivity index (χ3n) is 3.76. The Balaban J connectivity index is 1.72. The maximum atomic E-state index is 13.6. The fourth-order valence-electron chi connectivity index (χ4n) is 2.44. The van der Waals surface area contributed by atoms with Crippen LogP contribution in [0.3, 0.4) is 0 Å². The number of hydrogen-bond acceptors (Lipinski definition) is 2. The van der Waals surface area contributed by atoms with Gasteiger partial charge in [-0.05, 0) is 48.1 Å². The molecule has 1 aromatic heterocycles. The minimum atomic E-state index is -0.358. The lowest BCUT2D eigenvalue weighted by molar-refractivity contribution is 0.154. The van der Waals surface area contributed by atoms with Gasteiger partial charge in [0.1, 0.15) is 0 Å². The van der Waals surface area contributed by atoms with E-state index < -0.39 is 0 Å². The van der Waals surface area contributed by atoms with Gasteiger partial charge in [-0.3, -0.25) is 0 Å². The summed E-state index contributed by atoms with van der Waals surface area (Å²) in [6.07, 6.45) is 5.71. The first-order valence-electron chi connectivity index (χ1n) is 6.83. The van der Waals surface area contributed by atoms with E-state index in [4.69, 9.17) is 4.74 Å². The van der Waals surface area contributed by atoms with Crippen LogP contribution in [0.1, 0.15) is 30.1 Å². The maximum absolute atomic E-state index is 13.6. The first-order valence-corrected chi connectivity index (χ1v) is 6.83. The molecule has 1 N–H and O–H groups in total. The summed E-state index contributed by atoms with van der Waals surface area (Å²) in [5.41, 5.74) is 1.81. The summed E-state index contributed by atoms with van der Waals surface area (Å²) < 4.78 is 20.5. The number of aliphatic hydroxyl groups excluding tert-OH is 1. The van der Waals surface area contributed by atoms with Gasteiger partial charge in [0.2, 0.25) is 0 Å². The smallest absolute Gasteiger partial charge is 0.165 e. The molecule has 3 rings (SSSR count). The van der Waals surface area contributed by atoms with Crippen molar-refractivity contribution in [3.8, 4) is 5.75 Å². The standard InChI is InChI=1S/C16H18FNO2/c1-20-15-5-2-11(8-14(15)17)9-18-7-6-13(10-18)16(19)12-3-4-12/h2,5-8,10,12,16,19H,3-4,9H2,1H3. The number of aromatic nitrogens is 1. The van der Waals surface area contributed by atoms with Crippen molar-refractivity contribution in [2.24, 2.45) is 5.92 Å². The first-order chi connectivity index (χ1) is 9.67. The Bertz CT molecular complexity index is 604. The lowest BCUT2D eigenvalue weighted by Crippen LogP contribution is -2.00. The Morgan fingerprint density at radius 1 is 1.40 bits per heavy atom. The summed E-state index contributed by atoms with van der Waals surface area (Å²) in [6, 6.07) is 6.89. The molecule has 1 aliphatic rings. The lowest BCUT2D eigenvalue weighted by atomic mass is 10.1. The number of hydrogen-bond donors (Lipinski definition) is 1. The van der Waals surface area contributed by atoms with Gasteiger partial charge in [0.15, 0.2) is 11.6 Å². The van der Waals surface area contributed by atoms with Crippen LogP contribution in [0.5, 0.6) is 5.75 Å². The summed E-state index contributed by atoms with van der Waals surface area (Å²) in [5, 5.41) is 10.1. The molecule has 1 atom stereocenters. The van der Waals surface area contributed by atoms with E-state index >= 15 is 0 Å². The number of nitrogens with zero attached hydrogens (tertiary/aromatic N) is 1. The summed E-state index contributed by atoms with van der Waals surface area (Å²) >= 11 is 0. The number of rotatable bonds is 5. The van der Waals surface area contributed by atoms with Crippen molar-refractivity contribution >= 4 is 0 Å². The Morgan fingerprint density at radius 3 is 2.85 bits per heavy atom. The van der Waals surface area contributed by atoms with Gasteiger partial charge in [-0.25, -0.2) is 4.39 Å². The predicted octanol–water partition coefficient (Wildman–Crippen LogP) is 3.13. The second-order valence-corrected chi connectivity index (χ2v) is 5.37. The average Bonchev–Trinajstić information content (AvgIpc) is 3.19. The molecule has 1 aliphatic carbocycles. The number of halogens is 1. The fraction of sp³-hybridized carbons (Fsp3) is 0.375. The van der Waals surface area contributed by atoms with E-state index in [2.05, 4.69) is 0 Å². The van der Waals surface area contributed by atoms with Gasteiger partial charge in [0, 0.05) is 18.9 Å². The van der Waals surface area contributed by atoms with Crippen molar-refractivity contribution < 1.29 is 14.2 Å². The minimum Gasteiger partial charge on any atom is -0.494 e. The van der Waals surface area contributed by atoms with E-state index in [1.165, 1.54) is 13.2 Å². The SMILES string of the molecule is COc1ccc(Cn2ccc(C(O)C3CC3)c2)cc1F. The topological polar surface area (TPSA) is 34.4 Å². The zero-order valence-corrected chi connectivity index (χ0v) is 11.4. The molecular formula is C16H18FNO2. The van der Waals surface area contributed by atoms with Crippen molar-refractivity contribution in [3.05, 3.63) is 53.6 Å². The van der Waals surface area contributed by atoms with Gasteiger partial charge in [-0.15, -0.1) is 0 Å². The average molecular weight is 275 g/mol. The zero-order chi connectivity index (χ0) is 14.1. The number of benzene rings is 1. The Morgan fingerprint density at radius 2 is 2.20 bits per heavy atom. The van der Waals surface area contributed by atoms with Crippen LogP contribution in [-0.4, -0.2) is 16.8 Å². The van der Waals surface area contributed by atoms with Gasteiger partial charge in [-0.1, -0.05) is 6.07 Å². The molecule has 20 heavy (non-hydrogen) atoms. The molecule has 1 saturated carbocycles. The van der Waals surface area contributed by atoms with Crippen molar-refractivity contribution in [1.29, 1.82) is 0 Å². The fourth-order valence-corrected chi connectivity index (χ4v) is 2.44. The predicted molar refractivity (Wildman–Crippen MR) is 74.2 cm³/mol. The summed E-state index contributed by atoms with van der Waals surface area (Å²) in [5.74, 6) is 0.325. The molecule has 1 fully saturated rings. The summed E-state index contributed by atoms with van der Waals surface area (Å²) in [6.45, 7) is 0.582. The van der Waals surface area contributed by atoms with E-state index in [-0.39, 0.29) is 17.7 Å². The molecule has 4 heteroatoms. The van der Waals surface area contributed by atoms with Gasteiger partial charge in [0.05, 0.1) is 13.2 Å². The van der Waals surface area contributed by atoms with E-state index in [0.29, 0.717) is 12.5 Å². The molecule has 1 unspecified atom stereocenters. The van der Waals surface area contributed by atoms with Gasteiger partial charge >= 0.3 is 0 Å². The van der Waals surface area contributed by atoms with Crippen molar-refractivity contribution in [2.45, 2.75) is 25.5 Å². The second kappa shape index (κ2) is 5.29. The van der Waals surface area contributed by atoms with Crippen LogP contribution in [-0.2, 0) is 6.54 Å². The van der Waals surface area contributed by atoms with E-state index in [9.17, 15) is 9.50 Å².